The van der Waals surface area contributed by atoms with Crippen LogP contribution in [0.3, 0.4) is 0 Å². The predicted octanol–water partition coefficient (Wildman–Crippen LogP) is 15.0. The first-order valence-electron chi connectivity index (χ1n) is 32.9. The van der Waals surface area contributed by atoms with Crippen LogP contribution in [0.25, 0.3) is 90.6 Å². The van der Waals surface area contributed by atoms with Crippen LogP contribution >= 0.6 is 0 Å². The molecule has 0 unspecified atom stereocenters. The highest BCUT2D eigenvalue weighted by Gasteiger charge is 2.30. The summed E-state index contributed by atoms with van der Waals surface area (Å²) in [7, 11) is 17.1. The van der Waals surface area contributed by atoms with E-state index in [1.54, 1.807) is 0 Å². The van der Waals surface area contributed by atoms with Gasteiger partial charge in [0.2, 0.25) is 22.8 Å². The molecule has 0 atom stereocenters. The van der Waals surface area contributed by atoms with Crippen molar-refractivity contribution in [3.63, 3.8) is 0 Å². The fourth-order valence-corrected chi connectivity index (χ4v) is 13.0. The fraction of sp³-hybridized carbons (Fsp3) is 0.256. The van der Waals surface area contributed by atoms with Gasteiger partial charge in [-0.05, 0) is 206 Å². The Hall–Kier alpha value is -9.92. The van der Waals surface area contributed by atoms with Crippen LogP contribution in [-0.4, -0.2) is 0 Å². The lowest BCUT2D eigenvalue weighted by Crippen LogP contribution is -2.41. The van der Waals surface area contributed by atoms with Gasteiger partial charge in [-0.15, -0.1) is 0 Å². The van der Waals surface area contributed by atoms with E-state index >= 15 is 0 Å². The summed E-state index contributed by atoms with van der Waals surface area (Å²) in [4.78, 5) is 0. The molecule has 0 aliphatic carbocycles. The lowest BCUT2D eigenvalue weighted by Gasteiger charge is -2.12. The summed E-state index contributed by atoms with van der Waals surface area (Å²) in [5, 5.41) is 0. The van der Waals surface area contributed by atoms with Crippen LogP contribution < -0.4 is 36.5 Å². The second-order valence-corrected chi connectivity index (χ2v) is 26.0. The summed E-state index contributed by atoms with van der Waals surface area (Å²) < 4.78 is 18.0. The first-order valence-corrected chi connectivity index (χ1v) is 32.9. The zero-order chi connectivity index (χ0) is 68.0. The Balaban J connectivity index is 0.000000148. The largest absolute Gasteiger partial charge is 0.280 e. The molecule has 0 bridgehead atoms. The van der Waals surface area contributed by atoms with Gasteiger partial charge in [-0.3, -0.25) is 0 Å². The van der Waals surface area contributed by atoms with Gasteiger partial charge in [0.05, 0.1) is 5.56 Å². The van der Waals surface area contributed by atoms with Crippen LogP contribution in [0.1, 0.15) is 78.0 Å². The summed E-state index contributed by atoms with van der Waals surface area (Å²) in [6.07, 6.45) is 6.43. The van der Waals surface area contributed by atoms with E-state index in [0.717, 1.165) is 0 Å². The monoisotopic (exact) mass is 1240 g/mol. The average molecular weight is 1250 g/mol. The van der Waals surface area contributed by atoms with E-state index in [0.29, 0.717) is 0 Å². The number of aryl methyl sites for hydroxylation is 14. The van der Waals surface area contributed by atoms with Crippen molar-refractivity contribution in [3.05, 3.63) is 285 Å². The van der Waals surface area contributed by atoms with Crippen LogP contribution in [-0.2, 0) is 56.4 Å². The standard InChI is InChI=1S/C23H28N2.3C21H24N2/c1-15-11-12-17(3)22(18(15)4)20-9-8-10-21(25(20)7)23-19(5)16(2)13-14-24(23)6;1-15-9-6-11-18(17(15)3)19-12-8-14-21(23(19)5)20-13-7-10-16(2)22(20)4;1-15-13-17(3)18(14-16(15)2)19-10-8-11-21(23(19)5)20-9-6-7-12-22(20)4;1-15-9-6-7-10-18(15)19-11-8-12-20(23(19)5)21-13-16(2)17(3)14-22(21)4/h8-14H,1-7H3;3*6-14H,1-5H3/q4*+2. The molecule has 476 valence electrons. The van der Waals surface area contributed by atoms with Gasteiger partial charge in [-0.25, -0.2) is 0 Å². The Labute approximate surface area is 562 Å². The molecule has 0 amide bonds. The van der Waals surface area contributed by atoms with Crippen molar-refractivity contribution < 1.29 is 36.5 Å². The van der Waals surface area contributed by atoms with Crippen LogP contribution in [0.5, 0.6) is 0 Å². The van der Waals surface area contributed by atoms with E-state index in [4.69, 9.17) is 0 Å². The highest BCUT2D eigenvalue weighted by Crippen LogP contribution is 2.31. The molecule has 0 spiro atoms. The van der Waals surface area contributed by atoms with Crippen molar-refractivity contribution in [1.82, 2.24) is 0 Å². The van der Waals surface area contributed by atoms with E-state index in [2.05, 4.69) is 396 Å². The molecule has 0 saturated carbocycles. The Morgan fingerprint density at radius 3 is 1.29 bits per heavy atom. The molecule has 0 N–H and O–H groups in total. The van der Waals surface area contributed by atoms with Gasteiger partial charge in [0.1, 0.15) is 56.4 Å². The van der Waals surface area contributed by atoms with Crippen LogP contribution in [0.15, 0.2) is 207 Å². The molecule has 0 saturated heterocycles. The number of nitrogens with zero attached hydrogens (tertiary/aromatic N) is 8. The molecule has 94 heavy (non-hydrogen) atoms. The molecule has 8 nitrogen and oxygen atoms in total. The molecule has 8 heterocycles. The van der Waals surface area contributed by atoms with E-state index < -0.39 is 0 Å². The number of benzene rings is 4. The average Bonchev–Trinajstić information content (AvgIpc) is 0.798. The minimum absolute atomic E-state index is 1.21. The Morgan fingerprint density at radius 1 is 0.213 bits per heavy atom. The predicted molar refractivity (Wildman–Crippen MR) is 385 cm³/mol. The Kier molecular flexibility index (Phi) is 21.4. The third-order valence-electron chi connectivity index (χ3n) is 19.7. The van der Waals surface area contributed by atoms with E-state index in [-0.39, 0.29) is 0 Å². The molecule has 12 rings (SSSR count). The van der Waals surface area contributed by atoms with E-state index in [1.165, 1.54) is 169 Å². The van der Waals surface area contributed by atoms with Gasteiger partial charge >= 0.3 is 0 Å². The molecule has 0 aliphatic rings. The van der Waals surface area contributed by atoms with Crippen LogP contribution in [0, 0.1) is 96.9 Å². The van der Waals surface area contributed by atoms with E-state index in [9.17, 15) is 0 Å². The molecular formula is C86H100N8+8. The maximum absolute atomic E-state index is 2.33. The SMILES string of the molecule is Cc1cc(-c2cccc(-c3ccccc3C)[n+]2C)[n+](C)cc1C.Cc1cc(C)c(-c2cccc(-c3cccc[n+]3C)[n+]2C)cc1C.Cc1ccc(C)c(-c2cccc(-c3c(C)c(C)cc[n+]3C)[n+]2C)c1C.Cc1cccc(-c2cccc(-c3cccc(C)[n+]3C)[n+]2C)c1C. The number of aromatic nitrogens is 8. The second-order valence-electron chi connectivity index (χ2n) is 26.0. The number of pyridine rings is 8. The first kappa shape index (κ1) is 68.4. The Bertz CT molecular complexity index is 4520. The molecule has 8 heteroatoms. The van der Waals surface area contributed by atoms with Crippen LogP contribution in [0.2, 0.25) is 0 Å². The highest BCUT2D eigenvalue weighted by molar-refractivity contribution is 5.69. The quantitative estimate of drug-likeness (QED) is 0.136. The van der Waals surface area contributed by atoms with Crippen molar-refractivity contribution in [2.45, 2.75) is 96.9 Å². The van der Waals surface area contributed by atoms with Gasteiger partial charge in [0.15, 0.2) is 24.3 Å². The molecule has 4 aromatic carbocycles. The van der Waals surface area contributed by atoms with E-state index in [1.807, 2.05) is 0 Å². The first-order chi connectivity index (χ1) is 44.8. The minimum atomic E-state index is 1.21. The van der Waals surface area contributed by atoms with Gasteiger partial charge < -0.3 is 0 Å². The maximum Gasteiger partial charge on any atom is 0.280 e. The highest BCUT2D eigenvalue weighted by atomic mass is 15.0. The van der Waals surface area contributed by atoms with Crippen molar-refractivity contribution in [2.75, 3.05) is 0 Å². The van der Waals surface area contributed by atoms with Crippen molar-refractivity contribution in [3.8, 4) is 90.6 Å². The second kappa shape index (κ2) is 29.4. The van der Waals surface area contributed by atoms with Gasteiger partial charge in [-0.2, -0.15) is 36.5 Å². The molecular weight excluding hydrogens is 1150 g/mol. The number of hydrogen-bond donors (Lipinski definition) is 0. The van der Waals surface area contributed by atoms with Gasteiger partial charge in [0.25, 0.3) is 45.6 Å². The van der Waals surface area contributed by atoms with Crippen molar-refractivity contribution in [1.29, 1.82) is 0 Å². The minimum Gasteiger partial charge on any atom is -0.196 e. The number of hydrogen-bond acceptors (Lipinski definition) is 0. The van der Waals surface area contributed by atoms with Crippen molar-refractivity contribution in [2.24, 2.45) is 56.4 Å². The summed E-state index contributed by atoms with van der Waals surface area (Å²) in [5.41, 5.74) is 38.5. The fourth-order valence-electron chi connectivity index (χ4n) is 13.0. The summed E-state index contributed by atoms with van der Waals surface area (Å²) in [6, 6.07) is 67.4. The molecule has 8 aromatic heterocycles. The normalized spacial score (nSPS) is 10.9. The lowest BCUT2D eigenvalue weighted by molar-refractivity contribution is -0.689. The van der Waals surface area contributed by atoms with Crippen molar-refractivity contribution >= 4 is 0 Å². The smallest absolute Gasteiger partial charge is 0.196 e. The van der Waals surface area contributed by atoms with Crippen LogP contribution in [0.4, 0.5) is 0 Å². The lowest BCUT2D eigenvalue weighted by atomic mass is 9.95. The summed E-state index contributed by atoms with van der Waals surface area (Å²) in [6.45, 7) is 30.5. The zero-order valence-electron chi connectivity index (χ0n) is 60.2. The Morgan fingerprint density at radius 2 is 0.649 bits per heavy atom. The third-order valence-corrected chi connectivity index (χ3v) is 19.7. The summed E-state index contributed by atoms with van der Waals surface area (Å²) in [5.74, 6) is 0. The molecule has 0 fully saturated rings. The third kappa shape index (κ3) is 14.3. The molecule has 0 radical (unpaired) electrons. The van der Waals surface area contributed by atoms with Gasteiger partial charge in [-0.1, -0.05) is 48.5 Å². The number of rotatable bonds is 8. The molecule has 0 aliphatic heterocycles. The van der Waals surface area contributed by atoms with Gasteiger partial charge in [0, 0.05) is 120 Å². The zero-order valence-corrected chi connectivity index (χ0v) is 60.2. The topological polar surface area (TPSA) is 31.0 Å². The molecule has 12 aromatic rings. The maximum atomic E-state index is 2.33. The summed E-state index contributed by atoms with van der Waals surface area (Å²) >= 11 is 0.